The minimum atomic E-state index is -0.826. The molecule has 1 atom stereocenters. The highest BCUT2D eigenvalue weighted by molar-refractivity contribution is 5.66. The van der Waals surface area contributed by atoms with Crippen LogP contribution in [0.3, 0.4) is 0 Å². The topological polar surface area (TPSA) is 78.8 Å². The van der Waals surface area contributed by atoms with E-state index in [1.54, 1.807) is 7.11 Å². The van der Waals surface area contributed by atoms with E-state index in [1.165, 1.54) is 0 Å². The van der Waals surface area contributed by atoms with Crippen molar-refractivity contribution in [2.45, 2.75) is 18.9 Å². The Morgan fingerprint density at radius 3 is 2.77 bits per heavy atom. The number of ether oxygens (including phenoxy) is 1. The lowest BCUT2D eigenvalue weighted by Gasteiger charge is -2.15. The average molecular weight is 191 g/mol. The van der Waals surface area contributed by atoms with Gasteiger partial charge in [0, 0.05) is 26.3 Å². The lowest BCUT2D eigenvalue weighted by molar-refractivity contribution is -0.136. The number of carbonyl (C=O) groups is 1. The van der Waals surface area contributed by atoms with Crippen LogP contribution in [0, 0.1) is 0 Å². The lowest BCUT2D eigenvalue weighted by atomic mass is 10.2. The minimum Gasteiger partial charge on any atom is -0.481 e. The molecule has 1 unspecified atom stereocenters. The Bertz CT molecular complexity index is 134. The van der Waals surface area contributed by atoms with Crippen molar-refractivity contribution >= 4 is 5.97 Å². The van der Waals surface area contributed by atoms with E-state index >= 15 is 0 Å². The highest BCUT2D eigenvalue weighted by Gasteiger charge is 2.07. The molecule has 0 aliphatic rings. The van der Waals surface area contributed by atoms with Gasteiger partial charge in [-0.15, -0.1) is 0 Å². The molecule has 0 aromatic heterocycles. The Morgan fingerprint density at radius 1 is 1.62 bits per heavy atom. The van der Waals surface area contributed by atoms with Crippen LogP contribution in [0.1, 0.15) is 12.8 Å². The molecule has 78 valence electrons. The van der Waals surface area contributed by atoms with Gasteiger partial charge in [0.2, 0.25) is 0 Å². The SMILES string of the molecule is COCC(CCO)NCCC(=O)O. The van der Waals surface area contributed by atoms with Crippen LogP contribution in [-0.4, -0.2) is 49.1 Å². The Hall–Kier alpha value is -0.650. The summed E-state index contributed by atoms with van der Waals surface area (Å²) in [5.41, 5.74) is 0. The summed E-state index contributed by atoms with van der Waals surface area (Å²) < 4.78 is 4.89. The fourth-order valence-corrected chi connectivity index (χ4v) is 0.985. The predicted molar refractivity (Wildman–Crippen MR) is 47.6 cm³/mol. The summed E-state index contributed by atoms with van der Waals surface area (Å²) in [6.45, 7) is 0.970. The number of hydrogen-bond donors (Lipinski definition) is 3. The van der Waals surface area contributed by atoms with Gasteiger partial charge in [-0.1, -0.05) is 0 Å². The molecular weight excluding hydrogens is 174 g/mol. The second-order valence-electron chi connectivity index (χ2n) is 2.76. The molecule has 0 aromatic carbocycles. The maximum atomic E-state index is 10.2. The van der Waals surface area contributed by atoms with Gasteiger partial charge in [0.25, 0.3) is 0 Å². The fraction of sp³-hybridized carbons (Fsp3) is 0.875. The first-order valence-electron chi connectivity index (χ1n) is 4.25. The summed E-state index contributed by atoms with van der Waals surface area (Å²) >= 11 is 0. The van der Waals surface area contributed by atoms with Gasteiger partial charge in [0.05, 0.1) is 13.0 Å². The van der Waals surface area contributed by atoms with Crippen molar-refractivity contribution in [1.29, 1.82) is 0 Å². The standard InChI is InChI=1S/C8H17NO4/c1-13-6-7(3-5-10)9-4-2-8(11)12/h7,9-10H,2-6H2,1H3,(H,11,12). The Labute approximate surface area is 77.7 Å². The zero-order chi connectivity index (χ0) is 10.1. The smallest absolute Gasteiger partial charge is 0.304 e. The van der Waals surface area contributed by atoms with Crippen molar-refractivity contribution in [3.8, 4) is 0 Å². The number of aliphatic carboxylic acids is 1. The maximum absolute atomic E-state index is 10.2. The molecule has 0 saturated heterocycles. The molecule has 0 aromatic rings. The number of hydrogen-bond acceptors (Lipinski definition) is 4. The van der Waals surface area contributed by atoms with Crippen molar-refractivity contribution in [1.82, 2.24) is 5.32 Å². The summed E-state index contributed by atoms with van der Waals surface area (Å²) in [4.78, 5) is 10.2. The summed E-state index contributed by atoms with van der Waals surface area (Å²) in [5, 5.41) is 20.0. The van der Waals surface area contributed by atoms with Gasteiger partial charge < -0.3 is 20.3 Å². The van der Waals surface area contributed by atoms with E-state index in [0.717, 1.165) is 0 Å². The number of aliphatic hydroxyl groups excluding tert-OH is 1. The summed E-state index contributed by atoms with van der Waals surface area (Å²) in [7, 11) is 1.57. The lowest BCUT2D eigenvalue weighted by Crippen LogP contribution is -2.35. The summed E-state index contributed by atoms with van der Waals surface area (Å²) in [6, 6.07) is 0.0364. The zero-order valence-electron chi connectivity index (χ0n) is 7.82. The number of rotatable bonds is 8. The van der Waals surface area contributed by atoms with Crippen LogP contribution in [0.2, 0.25) is 0 Å². The third kappa shape index (κ3) is 7.70. The number of methoxy groups -OCH3 is 1. The average Bonchev–Trinajstić information content (AvgIpc) is 2.04. The second-order valence-corrected chi connectivity index (χ2v) is 2.76. The highest BCUT2D eigenvalue weighted by Crippen LogP contribution is 1.92. The van der Waals surface area contributed by atoms with Crippen molar-refractivity contribution in [3.05, 3.63) is 0 Å². The molecule has 0 aliphatic carbocycles. The van der Waals surface area contributed by atoms with Crippen molar-refractivity contribution in [2.75, 3.05) is 26.9 Å². The first-order valence-corrected chi connectivity index (χ1v) is 4.25. The molecule has 0 saturated carbocycles. The molecule has 0 radical (unpaired) electrons. The van der Waals surface area contributed by atoms with Gasteiger partial charge >= 0.3 is 5.97 Å². The molecular formula is C8H17NO4. The highest BCUT2D eigenvalue weighted by atomic mass is 16.5. The first-order chi connectivity index (χ1) is 6.20. The van der Waals surface area contributed by atoms with E-state index in [1.807, 2.05) is 0 Å². The molecule has 13 heavy (non-hydrogen) atoms. The molecule has 0 bridgehead atoms. The van der Waals surface area contributed by atoms with Gasteiger partial charge in [-0.25, -0.2) is 0 Å². The van der Waals surface area contributed by atoms with E-state index in [-0.39, 0.29) is 19.1 Å². The molecule has 5 heteroatoms. The number of carboxylic acid groups (broad SMARTS) is 1. The predicted octanol–water partition coefficient (Wildman–Crippen LogP) is -0.552. The summed E-state index contributed by atoms with van der Waals surface area (Å²) in [5.74, 6) is -0.826. The van der Waals surface area contributed by atoms with E-state index in [2.05, 4.69) is 5.32 Å². The Balaban J connectivity index is 3.49. The van der Waals surface area contributed by atoms with Gasteiger partial charge in [0.1, 0.15) is 0 Å². The first kappa shape index (κ1) is 12.3. The fourth-order valence-electron chi connectivity index (χ4n) is 0.985. The monoisotopic (exact) mass is 191 g/mol. The van der Waals surface area contributed by atoms with Crippen LogP contribution in [0.4, 0.5) is 0 Å². The summed E-state index contributed by atoms with van der Waals surface area (Å²) in [6.07, 6.45) is 0.666. The zero-order valence-corrected chi connectivity index (χ0v) is 7.82. The molecule has 0 spiro atoms. The normalized spacial score (nSPS) is 12.8. The van der Waals surface area contributed by atoms with Crippen LogP contribution in [0.5, 0.6) is 0 Å². The van der Waals surface area contributed by atoms with Crippen LogP contribution < -0.4 is 5.32 Å². The van der Waals surface area contributed by atoms with Crippen LogP contribution >= 0.6 is 0 Å². The number of aliphatic hydroxyl groups is 1. The number of nitrogens with one attached hydrogen (secondary N) is 1. The van der Waals surface area contributed by atoms with Gasteiger partial charge in [-0.05, 0) is 6.42 Å². The van der Waals surface area contributed by atoms with E-state index < -0.39 is 5.97 Å². The molecule has 0 fully saturated rings. The van der Waals surface area contributed by atoms with Gasteiger partial charge in [0.15, 0.2) is 0 Å². The van der Waals surface area contributed by atoms with Crippen molar-refractivity contribution in [2.24, 2.45) is 0 Å². The Morgan fingerprint density at radius 2 is 2.31 bits per heavy atom. The largest absolute Gasteiger partial charge is 0.481 e. The molecule has 3 N–H and O–H groups in total. The number of carboxylic acids is 1. The van der Waals surface area contributed by atoms with E-state index in [0.29, 0.717) is 19.6 Å². The third-order valence-electron chi connectivity index (χ3n) is 1.62. The molecule has 0 aliphatic heterocycles. The van der Waals surface area contributed by atoms with E-state index in [4.69, 9.17) is 14.9 Å². The van der Waals surface area contributed by atoms with Crippen molar-refractivity contribution in [3.63, 3.8) is 0 Å². The molecule has 0 amide bonds. The van der Waals surface area contributed by atoms with Gasteiger partial charge in [-0.2, -0.15) is 0 Å². The van der Waals surface area contributed by atoms with Crippen molar-refractivity contribution < 1.29 is 19.7 Å². The Kier molecular flexibility index (Phi) is 7.57. The van der Waals surface area contributed by atoms with E-state index in [9.17, 15) is 4.79 Å². The maximum Gasteiger partial charge on any atom is 0.304 e. The molecule has 0 rings (SSSR count). The third-order valence-corrected chi connectivity index (χ3v) is 1.62. The van der Waals surface area contributed by atoms with Gasteiger partial charge in [-0.3, -0.25) is 4.79 Å². The second kappa shape index (κ2) is 7.97. The van der Waals surface area contributed by atoms with Crippen LogP contribution in [-0.2, 0) is 9.53 Å². The minimum absolute atomic E-state index is 0.0364. The van der Waals surface area contributed by atoms with Crippen LogP contribution in [0.15, 0.2) is 0 Å². The molecule has 5 nitrogen and oxygen atoms in total. The quantitative estimate of drug-likeness (QED) is 0.479. The molecule has 0 heterocycles. The van der Waals surface area contributed by atoms with Crippen LogP contribution in [0.25, 0.3) is 0 Å².